The highest BCUT2D eigenvalue weighted by atomic mass is 16.5. The van der Waals surface area contributed by atoms with Crippen molar-refractivity contribution in [3.8, 4) is 5.75 Å². The summed E-state index contributed by atoms with van der Waals surface area (Å²) in [6.45, 7) is 10.1. The van der Waals surface area contributed by atoms with Crippen LogP contribution >= 0.6 is 0 Å². The maximum Gasteiger partial charge on any atom is 0.261 e. The van der Waals surface area contributed by atoms with Crippen LogP contribution in [0.5, 0.6) is 5.75 Å². The van der Waals surface area contributed by atoms with Crippen molar-refractivity contribution in [1.82, 2.24) is 5.32 Å². The van der Waals surface area contributed by atoms with Gasteiger partial charge in [-0.1, -0.05) is 42.8 Å². The Morgan fingerprint density at radius 2 is 1.58 bits per heavy atom. The van der Waals surface area contributed by atoms with Crippen LogP contribution in [0.1, 0.15) is 48.6 Å². The van der Waals surface area contributed by atoms with E-state index < -0.39 is 6.10 Å². The molecule has 0 aliphatic rings. The van der Waals surface area contributed by atoms with Crippen LogP contribution in [0.15, 0.2) is 42.5 Å². The van der Waals surface area contributed by atoms with Gasteiger partial charge < -0.3 is 10.1 Å². The van der Waals surface area contributed by atoms with E-state index in [-0.39, 0.29) is 11.9 Å². The van der Waals surface area contributed by atoms with E-state index in [0.29, 0.717) is 6.42 Å². The van der Waals surface area contributed by atoms with Gasteiger partial charge in [0.15, 0.2) is 6.10 Å². The molecular formula is C21H27NO2. The molecule has 0 fully saturated rings. The quantitative estimate of drug-likeness (QED) is 0.840. The Morgan fingerprint density at radius 1 is 1.00 bits per heavy atom. The van der Waals surface area contributed by atoms with E-state index >= 15 is 0 Å². The molecule has 0 radical (unpaired) electrons. The fourth-order valence-corrected chi connectivity index (χ4v) is 2.73. The van der Waals surface area contributed by atoms with Crippen LogP contribution in [-0.2, 0) is 4.79 Å². The molecule has 0 unspecified atom stereocenters. The second-order valence-electron chi connectivity index (χ2n) is 6.48. The summed E-state index contributed by atoms with van der Waals surface area (Å²) in [5.41, 5.74) is 4.57. The molecule has 3 nitrogen and oxygen atoms in total. The van der Waals surface area contributed by atoms with Gasteiger partial charge in [0.05, 0.1) is 6.04 Å². The lowest BCUT2D eigenvalue weighted by molar-refractivity contribution is -0.128. The first kappa shape index (κ1) is 18.1. The second kappa shape index (κ2) is 8.00. The van der Waals surface area contributed by atoms with Gasteiger partial charge in [0, 0.05) is 0 Å². The van der Waals surface area contributed by atoms with Gasteiger partial charge in [0.25, 0.3) is 5.91 Å². The number of rotatable bonds is 6. The van der Waals surface area contributed by atoms with Crippen LogP contribution in [0, 0.1) is 20.8 Å². The fourth-order valence-electron chi connectivity index (χ4n) is 2.73. The first-order valence-electron chi connectivity index (χ1n) is 8.51. The minimum absolute atomic E-state index is 0.0463. The summed E-state index contributed by atoms with van der Waals surface area (Å²) in [6, 6.07) is 14.2. The predicted molar refractivity (Wildman–Crippen MR) is 98.4 cm³/mol. The summed E-state index contributed by atoms with van der Waals surface area (Å²) < 4.78 is 5.93. The molecule has 2 rings (SSSR count). The summed E-state index contributed by atoms with van der Waals surface area (Å²) in [5.74, 6) is 0.669. The number of ether oxygens (including phenoxy) is 1. The predicted octanol–water partition coefficient (Wildman–Crippen LogP) is 4.65. The second-order valence-corrected chi connectivity index (χ2v) is 6.48. The molecule has 3 heteroatoms. The van der Waals surface area contributed by atoms with E-state index in [1.165, 1.54) is 5.56 Å². The van der Waals surface area contributed by atoms with Crippen molar-refractivity contribution < 1.29 is 9.53 Å². The average molecular weight is 325 g/mol. The van der Waals surface area contributed by atoms with Gasteiger partial charge in [-0.05, 0) is 62.9 Å². The van der Waals surface area contributed by atoms with Gasteiger partial charge in [-0.2, -0.15) is 0 Å². The molecule has 2 aromatic rings. The van der Waals surface area contributed by atoms with Crippen molar-refractivity contribution in [2.24, 2.45) is 0 Å². The van der Waals surface area contributed by atoms with Crippen LogP contribution in [0.25, 0.3) is 0 Å². The van der Waals surface area contributed by atoms with Crippen molar-refractivity contribution in [2.45, 2.75) is 53.2 Å². The Bertz CT molecular complexity index is 671. The number of carbonyl (C=O) groups excluding carboxylic acids is 1. The lowest BCUT2D eigenvalue weighted by atomic mass is 10.1. The van der Waals surface area contributed by atoms with Crippen molar-refractivity contribution in [3.05, 3.63) is 64.7 Å². The smallest absolute Gasteiger partial charge is 0.261 e. The van der Waals surface area contributed by atoms with E-state index in [2.05, 4.69) is 30.4 Å². The minimum Gasteiger partial charge on any atom is -0.481 e. The highest BCUT2D eigenvalue weighted by Crippen LogP contribution is 2.19. The normalized spacial score (nSPS) is 13.2. The SMILES string of the molecule is CC[C@H](Oc1cc(C)cc(C)c1)C(=O)N[C@H](C)c1ccc(C)cc1. The third kappa shape index (κ3) is 4.85. The van der Waals surface area contributed by atoms with Gasteiger partial charge >= 0.3 is 0 Å². The number of amides is 1. The molecule has 1 N–H and O–H groups in total. The Balaban J connectivity index is 2.04. The molecule has 0 aliphatic carbocycles. The molecule has 0 saturated carbocycles. The van der Waals surface area contributed by atoms with Crippen LogP contribution in [-0.4, -0.2) is 12.0 Å². The number of benzene rings is 2. The third-order valence-corrected chi connectivity index (χ3v) is 4.07. The minimum atomic E-state index is -0.487. The zero-order chi connectivity index (χ0) is 17.7. The van der Waals surface area contributed by atoms with Gasteiger partial charge in [0.1, 0.15) is 5.75 Å². The Morgan fingerprint density at radius 3 is 2.12 bits per heavy atom. The highest BCUT2D eigenvalue weighted by Gasteiger charge is 2.20. The molecule has 2 atom stereocenters. The van der Waals surface area contributed by atoms with Crippen molar-refractivity contribution in [1.29, 1.82) is 0 Å². The Hall–Kier alpha value is -2.29. The molecule has 0 bridgehead atoms. The lowest BCUT2D eigenvalue weighted by Gasteiger charge is -2.21. The molecule has 24 heavy (non-hydrogen) atoms. The maximum absolute atomic E-state index is 12.6. The van der Waals surface area contributed by atoms with Crippen molar-refractivity contribution in [2.75, 3.05) is 0 Å². The molecular weight excluding hydrogens is 298 g/mol. The van der Waals surface area contributed by atoms with Gasteiger partial charge in [-0.15, -0.1) is 0 Å². The molecule has 0 saturated heterocycles. The first-order valence-corrected chi connectivity index (χ1v) is 8.51. The number of hydrogen-bond donors (Lipinski definition) is 1. The van der Waals surface area contributed by atoms with Gasteiger partial charge in [0.2, 0.25) is 0 Å². The van der Waals surface area contributed by atoms with Crippen molar-refractivity contribution >= 4 is 5.91 Å². The number of carbonyl (C=O) groups is 1. The Labute approximate surface area is 145 Å². The monoisotopic (exact) mass is 325 g/mol. The van der Waals surface area contributed by atoms with E-state index in [9.17, 15) is 4.79 Å². The largest absolute Gasteiger partial charge is 0.481 e. The standard InChI is InChI=1S/C21H27NO2/c1-6-20(24-19-12-15(3)11-16(4)13-19)21(23)22-17(5)18-9-7-14(2)8-10-18/h7-13,17,20H,6H2,1-5H3,(H,22,23)/t17-,20+/m1/s1. The summed E-state index contributed by atoms with van der Waals surface area (Å²) in [6.07, 6.45) is 0.137. The van der Waals surface area contributed by atoms with E-state index in [4.69, 9.17) is 4.74 Å². The zero-order valence-electron chi connectivity index (χ0n) is 15.2. The average Bonchev–Trinajstić information content (AvgIpc) is 2.52. The van der Waals surface area contributed by atoms with Crippen LogP contribution in [0.2, 0.25) is 0 Å². The van der Waals surface area contributed by atoms with Gasteiger partial charge in [-0.3, -0.25) is 4.79 Å². The van der Waals surface area contributed by atoms with E-state index in [1.54, 1.807) is 0 Å². The summed E-state index contributed by atoms with van der Waals surface area (Å²) >= 11 is 0. The fraction of sp³-hybridized carbons (Fsp3) is 0.381. The summed E-state index contributed by atoms with van der Waals surface area (Å²) in [4.78, 5) is 12.6. The summed E-state index contributed by atoms with van der Waals surface area (Å²) in [7, 11) is 0. The summed E-state index contributed by atoms with van der Waals surface area (Å²) in [5, 5.41) is 3.05. The van der Waals surface area contributed by atoms with Crippen molar-refractivity contribution in [3.63, 3.8) is 0 Å². The number of nitrogens with one attached hydrogen (secondary N) is 1. The molecule has 0 spiro atoms. The number of aryl methyl sites for hydroxylation is 3. The molecule has 2 aromatic carbocycles. The van der Waals surface area contributed by atoms with E-state index in [1.807, 2.05) is 52.0 Å². The van der Waals surface area contributed by atoms with Crippen LogP contribution in [0.4, 0.5) is 0 Å². The van der Waals surface area contributed by atoms with Crippen LogP contribution < -0.4 is 10.1 Å². The zero-order valence-corrected chi connectivity index (χ0v) is 15.2. The third-order valence-electron chi connectivity index (χ3n) is 4.07. The maximum atomic E-state index is 12.6. The molecule has 0 aromatic heterocycles. The molecule has 1 amide bonds. The van der Waals surface area contributed by atoms with Crippen LogP contribution in [0.3, 0.4) is 0 Å². The molecule has 0 aliphatic heterocycles. The lowest BCUT2D eigenvalue weighted by Crippen LogP contribution is -2.39. The topological polar surface area (TPSA) is 38.3 Å². The number of hydrogen-bond acceptors (Lipinski definition) is 2. The van der Waals surface area contributed by atoms with Gasteiger partial charge in [-0.25, -0.2) is 0 Å². The highest BCUT2D eigenvalue weighted by molar-refractivity contribution is 5.81. The molecule has 128 valence electrons. The molecule has 0 heterocycles. The Kier molecular flexibility index (Phi) is 6.02. The van der Waals surface area contributed by atoms with E-state index in [0.717, 1.165) is 22.4 Å². The first-order chi connectivity index (χ1) is 11.4.